The standard InChI is InChI=1S/C14H27B2FN4O6/c1-4-9(2)16(25)27-20-10(3)12(21-26-15-24)14(23)19-8-6-5-7-11(18)13(17)22/h4,10-12,15,20-21,24-25H,1-2,5-8,18H2,3H3,(H,19,23)/t10-,11-,12-/m0/s1. The Morgan fingerprint density at radius 2 is 2.07 bits per heavy atom. The van der Waals surface area contributed by atoms with Crippen LogP contribution in [-0.2, 0) is 19.1 Å². The molecule has 3 atom stereocenters. The number of nitrogens with one attached hydrogen (secondary N) is 3. The van der Waals surface area contributed by atoms with Crippen LogP contribution in [0, 0.1) is 0 Å². The van der Waals surface area contributed by atoms with Crippen molar-refractivity contribution in [3.8, 4) is 0 Å². The number of rotatable bonds is 16. The number of hydroxylamine groups is 2. The molecular formula is C14H27B2FN4O6. The summed E-state index contributed by atoms with van der Waals surface area (Å²) >= 11 is 0. The molecule has 0 heterocycles. The molecule has 0 aliphatic heterocycles. The van der Waals surface area contributed by atoms with Crippen molar-refractivity contribution in [1.29, 1.82) is 0 Å². The van der Waals surface area contributed by atoms with Gasteiger partial charge in [-0.2, -0.15) is 4.39 Å². The van der Waals surface area contributed by atoms with Gasteiger partial charge in [0.15, 0.2) is 0 Å². The number of allylic oxidation sites excluding steroid dienone is 2. The highest BCUT2D eigenvalue weighted by molar-refractivity contribution is 6.52. The highest BCUT2D eigenvalue weighted by Gasteiger charge is 2.27. The molecule has 0 aromatic rings. The summed E-state index contributed by atoms with van der Waals surface area (Å²) in [7, 11) is -2.02. The minimum atomic E-state index is -1.56. The van der Waals surface area contributed by atoms with Crippen molar-refractivity contribution in [2.75, 3.05) is 6.54 Å². The molecule has 0 saturated carbocycles. The fraction of sp³-hybridized carbons (Fsp3) is 0.571. The topological polar surface area (TPSA) is 155 Å². The van der Waals surface area contributed by atoms with Crippen LogP contribution in [-0.4, -0.2) is 61.5 Å². The molecule has 0 aliphatic rings. The Bertz CT molecular complexity index is 502. The van der Waals surface area contributed by atoms with Crippen LogP contribution in [0.5, 0.6) is 0 Å². The quantitative estimate of drug-likeness (QED) is 0.0575. The summed E-state index contributed by atoms with van der Waals surface area (Å²) in [6.45, 7) is 8.80. The first-order chi connectivity index (χ1) is 12.7. The molecule has 0 aliphatic carbocycles. The lowest BCUT2D eigenvalue weighted by atomic mass is 9.80. The number of carbonyl (C=O) groups is 2. The van der Waals surface area contributed by atoms with Crippen molar-refractivity contribution in [2.45, 2.75) is 44.3 Å². The third-order valence-corrected chi connectivity index (χ3v) is 3.53. The molecule has 0 spiro atoms. The molecule has 0 saturated heterocycles. The highest BCUT2D eigenvalue weighted by Crippen LogP contribution is 2.02. The van der Waals surface area contributed by atoms with Crippen molar-refractivity contribution >= 4 is 26.7 Å². The summed E-state index contributed by atoms with van der Waals surface area (Å²) in [5.74, 6) is -0.477. The number of amides is 1. The average Bonchev–Trinajstić information content (AvgIpc) is 2.64. The number of halogens is 1. The molecule has 7 N–H and O–H groups in total. The van der Waals surface area contributed by atoms with E-state index in [0.29, 0.717) is 12.8 Å². The first-order valence-corrected chi connectivity index (χ1v) is 8.35. The molecule has 0 aromatic heterocycles. The highest BCUT2D eigenvalue weighted by atomic mass is 19.1. The van der Waals surface area contributed by atoms with Crippen LogP contribution in [0.2, 0.25) is 0 Å². The zero-order chi connectivity index (χ0) is 20.8. The van der Waals surface area contributed by atoms with Crippen molar-refractivity contribution in [1.82, 2.24) is 16.3 Å². The predicted molar refractivity (Wildman–Crippen MR) is 99.3 cm³/mol. The zero-order valence-corrected chi connectivity index (χ0v) is 15.3. The van der Waals surface area contributed by atoms with E-state index in [1.807, 2.05) is 0 Å². The van der Waals surface area contributed by atoms with Crippen LogP contribution in [0.1, 0.15) is 26.2 Å². The first-order valence-electron chi connectivity index (χ1n) is 8.35. The second-order valence-electron chi connectivity index (χ2n) is 5.72. The van der Waals surface area contributed by atoms with E-state index in [0.717, 1.165) is 0 Å². The molecule has 0 radical (unpaired) electrons. The normalized spacial score (nSPS) is 14.0. The summed E-state index contributed by atoms with van der Waals surface area (Å²) < 4.78 is 22.0. The van der Waals surface area contributed by atoms with Crippen molar-refractivity contribution in [2.24, 2.45) is 5.73 Å². The largest absolute Gasteiger partial charge is 0.507 e. The molecule has 27 heavy (non-hydrogen) atoms. The molecule has 0 bridgehead atoms. The summed E-state index contributed by atoms with van der Waals surface area (Å²) in [6, 6.07) is -4.37. The summed E-state index contributed by atoms with van der Waals surface area (Å²) in [5, 5.41) is 21.0. The van der Waals surface area contributed by atoms with Gasteiger partial charge in [0, 0.05) is 6.54 Å². The minimum Gasteiger partial charge on any atom is -0.429 e. The Kier molecular flexibility index (Phi) is 13.6. The molecule has 152 valence electrons. The lowest BCUT2D eigenvalue weighted by Gasteiger charge is -2.25. The van der Waals surface area contributed by atoms with Gasteiger partial charge in [0.05, 0.1) is 12.1 Å². The Morgan fingerprint density at radius 3 is 2.63 bits per heavy atom. The fourth-order valence-corrected chi connectivity index (χ4v) is 1.85. The van der Waals surface area contributed by atoms with E-state index < -0.39 is 44.9 Å². The van der Waals surface area contributed by atoms with Gasteiger partial charge >= 0.3 is 20.8 Å². The van der Waals surface area contributed by atoms with Gasteiger partial charge in [0.25, 0.3) is 0 Å². The number of nitrogens with two attached hydrogens (primary N) is 1. The van der Waals surface area contributed by atoms with E-state index in [9.17, 15) is 19.0 Å². The average molecular weight is 388 g/mol. The Morgan fingerprint density at radius 1 is 1.41 bits per heavy atom. The predicted octanol–water partition coefficient (Wildman–Crippen LogP) is -2.08. The van der Waals surface area contributed by atoms with Crippen LogP contribution < -0.4 is 22.0 Å². The van der Waals surface area contributed by atoms with Gasteiger partial charge in [-0.05, 0) is 31.7 Å². The summed E-state index contributed by atoms with van der Waals surface area (Å²) in [5.41, 5.74) is 10.3. The SMILES string of the molecule is C=CC(=C)B(O)ON[C@@H](C)[C@H](NOBO)C(=O)NCCCC[C@H](N)C(=O)F. The maximum atomic E-state index is 12.3. The molecule has 1 amide bonds. The van der Waals surface area contributed by atoms with Gasteiger partial charge in [0.1, 0.15) is 6.04 Å². The second kappa shape index (κ2) is 14.5. The second-order valence-corrected chi connectivity index (χ2v) is 5.72. The van der Waals surface area contributed by atoms with E-state index in [-0.39, 0.29) is 18.4 Å². The zero-order valence-electron chi connectivity index (χ0n) is 15.3. The number of carbonyl (C=O) groups excluding carboxylic acids is 2. The molecule has 0 rings (SSSR count). The molecule has 13 heteroatoms. The van der Waals surface area contributed by atoms with Gasteiger partial charge in [-0.15, -0.1) is 0 Å². The van der Waals surface area contributed by atoms with Gasteiger partial charge in [0.2, 0.25) is 5.91 Å². The Labute approximate surface area is 158 Å². The van der Waals surface area contributed by atoms with E-state index in [2.05, 4.69) is 34.2 Å². The van der Waals surface area contributed by atoms with Crippen LogP contribution >= 0.6 is 0 Å². The van der Waals surface area contributed by atoms with Gasteiger partial charge in [-0.3, -0.25) is 9.59 Å². The van der Waals surface area contributed by atoms with Crippen molar-refractivity contribution in [3.05, 3.63) is 24.7 Å². The lowest BCUT2D eigenvalue weighted by Crippen LogP contribution is -2.56. The van der Waals surface area contributed by atoms with E-state index in [1.165, 1.54) is 6.08 Å². The molecule has 0 unspecified atom stereocenters. The summed E-state index contributed by atoms with van der Waals surface area (Å²) in [6.07, 6.45) is 2.43. The van der Waals surface area contributed by atoms with E-state index in [1.54, 1.807) is 6.92 Å². The first kappa shape index (κ1) is 25.4. The maximum Gasteiger partial charge on any atom is 0.507 e. The van der Waals surface area contributed by atoms with Crippen LogP contribution in [0.15, 0.2) is 24.7 Å². The molecular weight excluding hydrogens is 361 g/mol. The number of unbranched alkanes of at least 4 members (excludes halogenated alkanes) is 1. The smallest absolute Gasteiger partial charge is 0.429 e. The fourth-order valence-electron chi connectivity index (χ4n) is 1.85. The van der Waals surface area contributed by atoms with Gasteiger partial charge < -0.3 is 30.6 Å². The third-order valence-electron chi connectivity index (χ3n) is 3.53. The van der Waals surface area contributed by atoms with E-state index in [4.69, 9.17) is 15.5 Å². The number of hydrogen-bond donors (Lipinski definition) is 6. The molecule has 10 nitrogen and oxygen atoms in total. The van der Waals surface area contributed by atoms with Gasteiger partial charge in [-0.25, -0.2) is 11.0 Å². The van der Waals surface area contributed by atoms with Crippen LogP contribution in [0.3, 0.4) is 0 Å². The third kappa shape index (κ3) is 11.0. The maximum absolute atomic E-state index is 12.3. The minimum absolute atomic E-state index is 0.178. The van der Waals surface area contributed by atoms with Crippen LogP contribution in [0.25, 0.3) is 0 Å². The molecule has 0 fully saturated rings. The Hall–Kier alpha value is -1.60. The number of hydrogen-bond acceptors (Lipinski definition) is 9. The van der Waals surface area contributed by atoms with Crippen molar-refractivity contribution < 1.29 is 33.5 Å². The monoisotopic (exact) mass is 388 g/mol. The van der Waals surface area contributed by atoms with Crippen LogP contribution in [0.4, 0.5) is 4.39 Å². The van der Waals surface area contributed by atoms with E-state index >= 15 is 0 Å². The summed E-state index contributed by atoms with van der Waals surface area (Å²) in [4.78, 5) is 22.7. The van der Waals surface area contributed by atoms with Crippen molar-refractivity contribution in [3.63, 3.8) is 0 Å². The lowest BCUT2D eigenvalue weighted by molar-refractivity contribution is -0.131. The Balaban J connectivity index is 4.42. The van der Waals surface area contributed by atoms with Gasteiger partial charge in [-0.1, -0.05) is 19.2 Å². The molecule has 0 aromatic carbocycles.